The molecule has 136 valence electrons. The summed E-state index contributed by atoms with van der Waals surface area (Å²) >= 11 is 0. The van der Waals surface area contributed by atoms with Crippen LogP contribution in [0.15, 0.2) is 0 Å². The quantitative estimate of drug-likeness (QED) is 0.214. The zero-order chi connectivity index (χ0) is 16.6. The summed E-state index contributed by atoms with van der Waals surface area (Å²) in [6.07, 6.45) is 24.5. The van der Waals surface area contributed by atoms with Crippen molar-refractivity contribution in [3.05, 3.63) is 0 Å². The SMILES string of the molecule is CCCCCCCCCCCCCCCCCCC1CC(=O)O1. The second kappa shape index (κ2) is 15.0. The van der Waals surface area contributed by atoms with E-state index in [9.17, 15) is 4.79 Å². The third-order valence-electron chi connectivity index (χ3n) is 5.07. The molecule has 1 aliphatic rings. The molecule has 23 heavy (non-hydrogen) atoms. The fraction of sp³-hybridized carbons (Fsp3) is 0.952. The Balaban J connectivity index is 1.63. The van der Waals surface area contributed by atoms with E-state index in [1.165, 1.54) is 103 Å². The zero-order valence-corrected chi connectivity index (χ0v) is 15.6. The molecule has 0 aliphatic carbocycles. The highest BCUT2D eigenvalue weighted by Gasteiger charge is 2.27. The smallest absolute Gasteiger partial charge is 0.309 e. The number of carbonyl (C=O) groups excluding carboxylic acids is 1. The summed E-state index contributed by atoms with van der Waals surface area (Å²) < 4.78 is 5.02. The summed E-state index contributed by atoms with van der Waals surface area (Å²) in [5, 5.41) is 0. The van der Waals surface area contributed by atoms with Crippen molar-refractivity contribution in [1.82, 2.24) is 0 Å². The number of rotatable bonds is 17. The van der Waals surface area contributed by atoms with Crippen LogP contribution in [0, 0.1) is 0 Å². The van der Waals surface area contributed by atoms with Gasteiger partial charge in [0.15, 0.2) is 0 Å². The van der Waals surface area contributed by atoms with Crippen LogP contribution in [0.25, 0.3) is 0 Å². The van der Waals surface area contributed by atoms with Gasteiger partial charge in [0.1, 0.15) is 6.10 Å². The molecule has 0 aromatic heterocycles. The first-order chi connectivity index (χ1) is 11.3. The Hall–Kier alpha value is -0.530. The Morgan fingerprint density at radius 1 is 0.696 bits per heavy atom. The molecule has 0 amide bonds. The van der Waals surface area contributed by atoms with Crippen molar-refractivity contribution in [1.29, 1.82) is 0 Å². The average molecular weight is 325 g/mol. The monoisotopic (exact) mass is 324 g/mol. The van der Waals surface area contributed by atoms with E-state index in [0.29, 0.717) is 6.42 Å². The third kappa shape index (κ3) is 12.5. The fourth-order valence-electron chi connectivity index (χ4n) is 3.44. The van der Waals surface area contributed by atoms with Gasteiger partial charge in [-0.05, 0) is 12.8 Å². The van der Waals surface area contributed by atoms with E-state index in [1.807, 2.05) is 0 Å². The lowest BCUT2D eigenvalue weighted by atomic mass is 10.0. The maximum Gasteiger partial charge on any atom is 0.309 e. The van der Waals surface area contributed by atoms with Crippen LogP contribution in [0.5, 0.6) is 0 Å². The van der Waals surface area contributed by atoms with Gasteiger partial charge < -0.3 is 4.74 Å². The summed E-state index contributed by atoms with van der Waals surface area (Å²) in [6, 6.07) is 0. The van der Waals surface area contributed by atoms with Crippen LogP contribution in [0.3, 0.4) is 0 Å². The van der Waals surface area contributed by atoms with Crippen molar-refractivity contribution < 1.29 is 9.53 Å². The molecule has 1 aliphatic heterocycles. The predicted octanol–water partition coefficient (Wildman–Crippen LogP) is 6.95. The van der Waals surface area contributed by atoms with Crippen LogP contribution >= 0.6 is 0 Å². The zero-order valence-electron chi connectivity index (χ0n) is 15.6. The van der Waals surface area contributed by atoms with E-state index in [2.05, 4.69) is 6.92 Å². The average Bonchev–Trinajstić information content (AvgIpc) is 2.52. The molecule has 0 radical (unpaired) electrons. The van der Waals surface area contributed by atoms with E-state index < -0.39 is 0 Å². The van der Waals surface area contributed by atoms with Crippen molar-refractivity contribution in [2.75, 3.05) is 0 Å². The molecule has 1 saturated heterocycles. The van der Waals surface area contributed by atoms with Gasteiger partial charge in [-0.1, -0.05) is 103 Å². The molecule has 1 heterocycles. The van der Waals surface area contributed by atoms with Crippen LogP contribution in [0.4, 0.5) is 0 Å². The largest absolute Gasteiger partial charge is 0.462 e. The molecule has 0 bridgehead atoms. The second-order valence-electron chi connectivity index (χ2n) is 7.41. The van der Waals surface area contributed by atoms with Crippen molar-refractivity contribution in [3.8, 4) is 0 Å². The molecule has 1 rings (SSSR count). The molecule has 1 unspecified atom stereocenters. The first kappa shape index (κ1) is 20.5. The molecule has 2 nitrogen and oxygen atoms in total. The van der Waals surface area contributed by atoms with Crippen LogP contribution in [-0.4, -0.2) is 12.1 Å². The predicted molar refractivity (Wildman–Crippen MR) is 98.7 cm³/mol. The lowest BCUT2D eigenvalue weighted by Gasteiger charge is -2.25. The van der Waals surface area contributed by atoms with Gasteiger partial charge in [-0.2, -0.15) is 0 Å². The Kier molecular flexibility index (Phi) is 13.4. The Morgan fingerprint density at radius 2 is 1.04 bits per heavy atom. The summed E-state index contributed by atoms with van der Waals surface area (Å²) in [5.74, 6) is -0.00788. The van der Waals surface area contributed by atoms with E-state index in [0.717, 1.165) is 6.42 Å². The summed E-state index contributed by atoms with van der Waals surface area (Å²) in [7, 11) is 0. The maximum atomic E-state index is 10.7. The second-order valence-corrected chi connectivity index (χ2v) is 7.41. The number of hydrogen-bond acceptors (Lipinski definition) is 2. The summed E-state index contributed by atoms with van der Waals surface area (Å²) in [6.45, 7) is 2.29. The molecule has 0 aromatic carbocycles. The highest BCUT2D eigenvalue weighted by molar-refractivity contribution is 5.75. The van der Waals surface area contributed by atoms with Crippen molar-refractivity contribution in [2.24, 2.45) is 0 Å². The topological polar surface area (TPSA) is 26.3 Å². The molecule has 1 atom stereocenters. The normalized spacial score (nSPS) is 17.1. The van der Waals surface area contributed by atoms with Gasteiger partial charge in [-0.25, -0.2) is 0 Å². The van der Waals surface area contributed by atoms with Gasteiger partial charge >= 0.3 is 5.97 Å². The molecule has 1 fully saturated rings. The molecule has 0 spiro atoms. The standard InChI is InChI=1S/C21H40O2/c1-2-3-4-5-6-7-8-9-10-11-12-13-14-15-16-17-18-20-19-21(22)23-20/h20H,2-19H2,1H3. The van der Waals surface area contributed by atoms with Gasteiger partial charge in [0.25, 0.3) is 0 Å². The number of esters is 1. The Labute approximate surface area is 144 Å². The highest BCUT2D eigenvalue weighted by Crippen LogP contribution is 2.20. The highest BCUT2D eigenvalue weighted by atomic mass is 16.6. The van der Waals surface area contributed by atoms with Gasteiger partial charge in [0, 0.05) is 0 Å². The van der Waals surface area contributed by atoms with Crippen molar-refractivity contribution in [2.45, 2.75) is 129 Å². The summed E-state index contributed by atoms with van der Waals surface area (Å²) in [5.41, 5.74) is 0. The van der Waals surface area contributed by atoms with E-state index in [-0.39, 0.29) is 12.1 Å². The summed E-state index contributed by atoms with van der Waals surface area (Å²) in [4.78, 5) is 10.7. The fourth-order valence-corrected chi connectivity index (χ4v) is 3.44. The number of cyclic esters (lactones) is 1. The first-order valence-electron chi connectivity index (χ1n) is 10.5. The van der Waals surface area contributed by atoms with Crippen LogP contribution < -0.4 is 0 Å². The number of unbranched alkanes of at least 4 members (excludes halogenated alkanes) is 15. The van der Waals surface area contributed by atoms with E-state index in [1.54, 1.807) is 0 Å². The van der Waals surface area contributed by atoms with Gasteiger partial charge in [-0.3, -0.25) is 4.79 Å². The van der Waals surface area contributed by atoms with Crippen LogP contribution in [-0.2, 0) is 9.53 Å². The van der Waals surface area contributed by atoms with Gasteiger partial charge in [-0.15, -0.1) is 0 Å². The molecule has 0 aromatic rings. The van der Waals surface area contributed by atoms with E-state index in [4.69, 9.17) is 4.74 Å². The minimum Gasteiger partial charge on any atom is -0.462 e. The molecule has 0 saturated carbocycles. The Morgan fingerprint density at radius 3 is 1.39 bits per heavy atom. The van der Waals surface area contributed by atoms with E-state index >= 15 is 0 Å². The van der Waals surface area contributed by atoms with Gasteiger partial charge in [0.2, 0.25) is 0 Å². The number of ether oxygens (including phenoxy) is 1. The molecular weight excluding hydrogens is 284 g/mol. The molecule has 2 heteroatoms. The molecular formula is C21H40O2. The van der Waals surface area contributed by atoms with Crippen molar-refractivity contribution >= 4 is 5.97 Å². The Bertz CT molecular complexity index is 267. The maximum absolute atomic E-state index is 10.7. The minimum absolute atomic E-state index is 0.00788. The van der Waals surface area contributed by atoms with Crippen LogP contribution in [0.2, 0.25) is 0 Å². The third-order valence-corrected chi connectivity index (χ3v) is 5.07. The van der Waals surface area contributed by atoms with Gasteiger partial charge in [0.05, 0.1) is 6.42 Å². The first-order valence-corrected chi connectivity index (χ1v) is 10.5. The lowest BCUT2D eigenvalue weighted by molar-refractivity contribution is -0.169. The van der Waals surface area contributed by atoms with Crippen LogP contribution in [0.1, 0.15) is 122 Å². The lowest BCUT2D eigenvalue weighted by Crippen LogP contribution is -2.32. The number of carbonyl (C=O) groups is 1. The number of hydrogen-bond donors (Lipinski definition) is 0. The minimum atomic E-state index is -0.00788. The molecule has 0 N–H and O–H groups in total. The van der Waals surface area contributed by atoms with Crippen molar-refractivity contribution in [3.63, 3.8) is 0 Å².